The number of nitrogens with two attached hydrogens (primary N) is 1. The Morgan fingerprint density at radius 1 is 1.04 bits per heavy atom. The topological polar surface area (TPSA) is 80.1 Å². The van der Waals surface area contributed by atoms with E-state index in [1.807, 2.05) is 12.1 Å². The second kappa shape index (κ2) is 8.84. The zero-order chi connectivity index (χ0) is 20.1. The number of amides is 1. The van der Waals surface area contributed by atoms with Crippen molar-refractivity contribution in [2.45, 2.75) is 6.92 Å². The molecule has 0 aromatic heterocycles. The lowest BCUT2D eigenvalue weighted by Gasteiger charge is -2.36. The van der Waals surface area contributed by atoms with Crippen LogP contribution in [0.15, 0.2) is 36.4 Å². The van der Waals surface area contributed by atoms with Gasteiger partial charge in [-0.15, -0.1) is 0 Å². The standard InChI is InChI=1S/C21H28N4O3/c1-4-24-7-9-25(10-8-24)20-6-5-16(13-19(20)22)23-21(26)15-11-17(27-2)14-18(12-15)28-3/h5-6,11-14H,4,7-10,22H2,1-3H3,(H,23,26). The molecule has 1 saturated heterocycles. The second-order valence-corrected chi connectivity index (χ2v) is 6.75. The summed E-state index contributed by atoms with van der Waals surface area (Å²) in [5.74, 6) is 0.872. The Labute approximate surface area is 166 Å². The van der Waals surface area contributed by atoms with Crippen LogP contribution in [-0.4, -0.2) is 57.8 Å². The lowest BCUT2D eigenvalue weighted by atomic mass is 10.1. The Bertz CT molecular complexity index is 810. The SMILES string of the molecule is CCN1CCN(c2ccc(NC(=O)c3cc(OC)cc(OC)c3)cc2N)CC1. The molecule has 0 unspecified atom stereocenters. The summed E-state index contributed by atoms with van der Waals surface area (Å²) in [6.07, 6.45) is 0. The molecule has 3 rings (SSSR count). The molecule has 0 spiro atoms. The van der Waals surface area contributed by atoms with Gasteiger partial charge in [-0.25, -0.2) is 0 Å². The van der Waals surface area contributed by atoms with E-state index in [-0.39, 0.29) is 5.91 Å². The normalized spacial score (nSPS) is 14.6. The van der Waals surface area contributed by atoms with Gasteiger partial charge in [-0.2, -0.15) is 0 Å². The zero-order valence-corrected chi connectivity index (χ0v) is 16.7. The number of likely N-dealkylation sites (N-methyl/N-ethyl adjacent to an activating group) is 1. The van der Waals surface area contributed by atoms with Crippen molar-refractivity contribution in [3.63, 3.8) is 0 Å². The molecular weight excluding hydrogens is 356 g/mol. The van der Waals surface area contributed by atoms with E-state index in [0.717, 1.165) is 38.4 Å². The maximum atomic E-state index is 12.6. The van der Waals surface area contributed by atoms with Gasteiger partial charge in [0, 0.05) is 43.5 Å². The summed E-state index contributed by atoms with van der Waals surface area (Å²) in [4.78, 5) is 17.4. The molecule has 0 aliphatic carbocycles. The molecule has 1 heterocycles. The molecule has 7 nitrogen and oxygen atoms in total. The van der Waals surface area contributed by atoms with Crippen LogP contribution in [0.5, 0.6) is 11.5 Å². The Morgan fingerprint density at radius 3 is 2.21 bits per heavy atom. The Morgan fingerprint density at radius 2 is 1.68 bits per heavy atom. The number of piperazine rings is 1. The van der Waals surface area contributed by atoms with Crippen LogP contribution in [0.3, 0.4) is 0 Å². The summed E-state index contributed by atoms with van der Waals surface area (Å²) in [5.41, 5.74) is 9.05. The van der Waals surface area contributed by atoms with Crippen LogP contribution >= 0.6 is 0 Å². The van der Waals surface area contributed by atoms with Crippen molar-refractivity contribution in [1.82, 2.24) is 4.90 Å². The largest absolute Gasteiger partial charge is 0.497 e. The number of methoxy groups -OCH3 is 2. The fourth-order valence-corrected chi connectivity index (χ4v) is 3.37. The smallest absolute Gasteiger partial charge is 0.255 e. The molecule has 150 valence electrons. The first-order valence-electron chi connectivity index (χ1n) is 9.45. The van der Waals surface area contributed by atoms with Crippen LogP contribution < -0.4 is 25.4 Å². The molecule has 1 aliphatic rings. The summed E-state index contributed by atoms with van der Waals surface area (Å²) in [5, 5.41) is 2.89. The number of anilines is 3. The number of carbonyl (C=O) groups is 1. The second-order valence-electron chi connectivity index (χ2n) is 6.75. The molecule has 3 N–H and O–H groups in total. The highest BCUT2D eigenvalue weighted by Crippen LogP contribution is 2.28. The molecule has 0 saturated carbocycles. The van der Waals surface area contributed by atoms with Gasteiger partial charge in [0.2, 0.25) is 0 Å². The minimum Gasteiger partial charge on any atom is -0.497 e. The Kier molecular flexibility index (Phi) is 6.26. The average Bonchev–Trinajstić information content (AvgIpc) is 2.73. The summed E-state index contributed by atoms with van der Waals surface area (Å²) in [6, 6.07) is 10.7. The number of benzene rings is 2. The van der Waals surface area contributed by atoms with E-state index in [1.165, 1.54) is 0 Å². The number of carbonyl (C=O) groups excluding carboxylic acids is 1. The minimum absolute atomic E-state index is 0.249. The molecule has 7 heteroatoms. The van der Waals surface area contributed by atoms with Gasteiger partial charge in [0.05, 0.1) is 25.6 Å². The zero-order valence-electron chi connectivity index (χ0n) is 16.7. The first-order valence-corrected chi connectivity index (χ1v) is 9.45. The number of nitrogens with one attached hydrogen (secondary N) is 1. The van der Waals surface area contributed by atoms with E-state index in [0.29, 0.717) is 28.4 Å². The summed E-state index contributed by atoms with van der Waals surface area (Å²) in [7, 11) is 3.10. The van der Waals surface area contributed by atoms with E-state index >= 15 is 0 Å². The van der Waals surface area contributed by atoms with Gasteiger partial charge in [0.1, 0.15) is 11.5 Å². The molecule has 1 aliphatic heterocycles. The van der Waals surface area contributed by atoms with Crippen LogP contribution in [0, 0.1) is 0 Å². The third kappa shape index (κ3) is 4.48. The Hall–Kier alpha value is -2.93. The van der Waals surface area contributed by atoms with Crippen LogP contribution in [0.1, 0.15) is 17.3 Å². The number of ether oxygens (including phenoxy) is 2. The fraction of sp³-hybridized carbons (Fsp3) is 0.381. The Balaban J connectivity index is 1.71. The first-order chi connectivity index (χ1) is 13.5. The molecule has 0 atom stereocenters. The average molecular weight is 384 g/mol. The van der Waals surface area contributed by atoms with Crippen molar-refractivity contribution in [1.29, 1.82) is 0 Å². The first kappa shape index (κ1) is 19.8. The van der Waals surface area contributed by atoms with Gasteiger partial charge < -0.3 is 30.3 Å². The van der Waals surface area contributed by atoms with Crippen molar-refractivity contribution in [3.8, 4) is 11.5 Å². The van der Waals surface area contributed by atoms with Crippen molar-refractivity contribution in [2.24, 2.45) is 0 Å². The quantitative estimate of drug-likeness (QED) is 0.746. The lowest BCUT2D eigenvalue weighted by molar-refractivity contribution is 0.102. The predicted molar refractivity (Wildman–Crippen MR) is 113 cm³/mol. The molecular formula is C21H28N4O3. The van der Waals surface area contributed by atoms with E-state index in [9.17, 15) is 4.79 Å². The monoisotopic (exact) mass is 384 g/mol. The summed E-state index contributed by atoms with van der Waals surface area (Å²) in [6.45, 7) is 7.22. The predicted octanol–water partition coefficient (Wildman–Crippen LogP) is 2.68. The number of hydrogen-bond acceptors (Lipinski definition) is 6. The van der Waals surface area contributed by atoms with E-state index in [2.05, 4.69) is 22.0 Å². The van der Waals surface area contributed by atoms with Gasteiger partial charge in [-0.3, -0.25) is 4.79 Å². The number of nitrogen functional groups attached to an aromatic ring is 1. The highest BCUT2D eigenvalue weighted by atomic mass is 16.5. The molecule has 2 aromatic rings. The molecule has 0 bridgehead atoms. The lowest BCUT2D eigenvalue weighted by Crippen LogP contribution is -2.46. The van der Waals surface area contributed by atoms with Crippen LogP contribution in [0.25, 0.3) is 0 Å². The third-order valence-electron chi connectivity index (χ3n) is 5.06. The molecule has 1 fully saturated rings. The number of nitrogens with zero attached hydrogens (tertiary/aromatic N) is 2. The van der Waals surface area contributed by atoms with E-state index in [1.54, 1.807) is 38.5 Å². The molecule has 0 radical (unpaired) electrons. The molecule has 1 amide bonds. The number of hydrogen-bond donors (Lipinski definition) is 2. The highest BCUT2D eigenvalue weighted by Gasteiger charge is 2.18. The highest BCUT2D eigenvalue weighted by molar-refractivity contribution is 6.05. The van der Waals surface area contributed by atoms with Crippen LogP contribution in [0.4, 0.5) is 17.1 Å². The minimum atomic E-state index is -0.249. The maximum absolute atomic E-state index is 12.6. The van der Waals surface area contributed by atoms with Gasteiger partial charge >= 0.3 is 0 Å². The van der Waals surface area contributed by atoms with Crippen molar-refractivity contribution < 1.29 is 14.3 Å². The van der Waals surface area contributed by atoms with Crippen LogP contribution in [0.2, 0.25) is 0 Å². The van der Waals surface area contributed by atoms with Crippen molar-refractivity contribution >= 4 is 23.0 Å². The summed E-state index contributed by atoms with van der Waals surface area (Å²) >= 11 is 0. The van der Waals surface area contributed by atoms with Gasteiger partial charge in [-0.1, -0.05) is 6.92 Å². The van der Waals surface area contributed by atoms with Gasteiger partial charge in [-0.05, 0) is 36.9 Å². The molecule has 2 aromatic carbocycles. The van der Waals surface area contributed by atoms with E-state index < -0.39 is 0 Å². The van der Waals surface area contributed by atoms with Gasteiger partial charge in [0.25, 0.3) is 5.91 Å². The molecule has 28 heavy (non-hydrogen) atoms. The van der Waals surface area contributed by atoms with Crippen molar-refractivity contribution in [2.75, 3.05) is 62.9 Å². The third-order valence-corrected chi connectivity index (χ3v) is 5.06. The van der Waals surface area contributed by atoms with Crippen molar-refractivity contribution in [3.05, 3.63) is 42.0 Å². The van der Waals surface area contributed by atoms with Crippen LogP contribution in [-0.2, 0) is 0 Å². The van der Waals surface area contributed by atoms with Gasteiger partial charge in [0.15, 0.2) is 0 Å². The maximum Gasteiger partial charge on any atom is 0.255 e. The number of rotatable bonds is 6. The fourth-order valence-electron chi connectivity index (χ4n) is 3.37. The summed E-state index contributed by atoms with van der Waals surface area (Å²) < 4.78 is 10.5. The van der Waals surface area contributed by atoms with E-state index in [4.69, 9.17) is 15.2 Å².